The fourth-order valence-electron chi connectivity index (χ4n) is 0.869. The zero-order chi connectivity index (χ0) is 11.9. The maximum absolute atomic E-state index is 11.2. The number of nitrogens with one attached hydrogen (secondary N) is 2. The monoisotopic (exact) mass is 233 g/mol. The first-order valence-corrected chi connectivity index (χ1v) is 6.20. The highest BCUT2D eigenvalue weighted by Crippen LogP contribution is 1.99. The van der Waals surface area contributed by atoms with Crippen LogP contribution in [0.5, 0.6) is 0 Å². The van der Waals surface area contributed by atoms with Gasteiger partial charge in [-0.3, -0.25) is 4.79 Å². The van der Waals surface area contributed by atoms with Gasteiger partial charge in [0.05, 0.1) is 11.8 Å². The van der Waals surface area contributed by atoms with E-state index in [9.17, 15) is 13.2 Å². The van der Waals surface area contributed by atoms with E-state index < -0.39 is 21.8 Å². The van der Waals surface area contributed by atoms with Crippen LogP contribution >= 0.6 is 0 Å². The van der Waals surface area contributed by atoms with Crippen molar-refractivity contribution in [1.29, 1.82) is 5.26 Å². The third-order valence-corrected chi connectivity index (χ3v) is 3.23. The Morgan fingerprint density at radius 1 is 1.53 bits per heavy atom. The highest BCUT2D eigenvalue weighted by molar-refractivity contribution is 7.89. The molecule has 1 amide bonds. The summed E-state index contributed by atoms with van der Waals surface area (Å²) >= 11 is 0. The van der Waals surface area contributed by atoms with Gasteiger partial charge in [0.25, 0.3) is 0 Å². The van der Waals surface area contributed by atoms with Crippen LogP contribution in [0.25, 0.3) is 0 Å². The second-order valence-electron chi connectivity index (χ2n) is 2.90. The minimum atomic E-state index is -3.30. The lowest BCUT2D eigenvalue weighted by molar-refractivity contribution is -0.123. The van der Waals surface area contributed by atoms with Gasteiger partial charge in [-0.2, -0.15) is 5.26 Å². The largest absolute Gasteiger partial charge is 0.354 e. The number of nitriles is 1. The molecule has 0 heterocycles. The molecule has 2 N–H and O–H groups in total. The lowest BCUT2D eigenvalue weighted by Gasteiger charge is -2.07. The first-order chi connectivity index (χ1) is 6.96. The molecule has 0 aromatic heterocycles. The predicted molar refractivity (Wildman–Crippen MR) is 55.3 cm³/mol. The third-order valence-electron chi connectivity index (χ3n) is 1.86. The molecule has 0 aromatic rings. The fourth-order valence-corrected chi connectivity index (χ4v) is 1.44. The molecule has 7 heteroatoms. The van der Waals surface area contributed by atoms with Crippen molar-refractivity contribution >= 4 is 15.9 Å². The summed E-state index contributed by atoms with van der Waals surface area (Å²) in [6, 6.07) is 1.84. The minimum absolute atomic E-state index is 0.0141. The van der Waals surface area contributed by atoms with E-state index in [1.54, 1.807) is 6.92 Å². The van der Waals surface area contributed by atoms with Crippen molar-refractivity contribution in [1.82, 2.24) is 10.0 Å². The molecule has 0 spiro atoms. The molecule has 0 saturated heterocycles. The van der Waals surface area contributed by atoms with Gasteiger partial charge in [0.1, 0.15) is 5.92 Å². The Labute approximate surface area is 89.7 Å². The molecule has 0 fully saturated rings. The number of amides is 1. The maximum Gasteiger partial charge on any atom is 0.237 e. The van der Waals surface area contributed by atoms with Crippen LogP contribution < -0.4 is 10.0 Å². The van der Waals surface area contributed by atoms with Crippen molar-refractivity contribution in [3.8, 4) is 6.07 Å². The van der Waals surface area contributed by atoms with Crippen molar-refractivity contribution in [2.75, 3.05) is 19.3 Å². The third kappa shape index (κ3) is 5.34. The van der Waals surface area contributed by atoms with Crippen LogP contribution in [-0.2, 0) is 14.8 Å². The van der Waals surface area contributed by atoms with Gasteiger partial charge in [-0.15, -0.1) is 0 Å². The summed E-state index contributed by atoms with van der Waals surface area (Å²) in [4.78, 5) is 11.2. The molecule has 0 aliphatic rings. The molecule has 86 valence electrons. The second-order valence-corrected chi connectivity index (χ2v) is 4.95. The Kier molecular flexibility index (Phi) is 5.89. The molecular weight excluding hydrogens is 218 g/mol. The van der Waals surface area contributed by atoms with E-state index in [1.807, 2.05) is 6.07 Å². The first kappa shape index (κ1) is 13.9. The minimum Gasteiger partial charge on any atom is -0.354 e. The number of carbonyl (C=O) groups is 1. The molecule has 1 atom stereocenters. The van der Waals surface area contributed by atoms with Crippen molar-refractivity contribution in [2.24, 2.45) is 5.92 Å². The van der Waals surface area contributed by atoms with Crippen LogP contribution in [0.1, 0.15) is 13.3 Å². The SMILES string of the molecule is CCC(C#N)C(=O)NCCS(=O)(=O)NC. The molecule has 0 aliphatic carbocycles. The van der Waals surface area contributed by atoms with Crippen LogP contribution in [0.15, 0.2) is 0 Å². The van der Waals surface area contributed by atoms with Crippen LogP contribution in [0, 0.1) is 17.2 Å². The molecule has 0 rings (SSSR count). The first-order valence-electron chi connectivity index (χ1n) is 4.55. The van der Waals surface area contributed by atoms with Crippen molar-refractivity contribution in [3.05, 3.63) is 0 Å². The van der Waals surface area contributed by atoms with Crippen molar-refractivity contribution in [2.45, 2.75) is 13.3 Å². The van der Waals surface area contributed by atoms with E-state index in [1.165, 1.54) is 7.05 Å². The van der Waals surface area contributed by atoms with E-state index in [-0.39, 0.29) is 12.3 Å². The van der Waals surface area contributed by atoms with Gasteiger partial charge in [-0.1, -0.05) is 6.92 Å². The Balaban J connectivity index is 3.99. The Morgan fingerprint density at radius 3 is 2.53 bits per heavy atom. The van der Waals surface area contributed by atoms with E-state index in [0.717, 1.165) is 0 Å². The summed E-state index contributed by atoms with van der Waals surface area (Å²) in [7, 11) is -2.00. The van der Waals surface area contributed by atoms with Crippen molar-refractivity contribution < 1.29 is 13.2 Å². The average molecular weight is 233 g/mol. The highest BCUT2D eigenvalue weighted by atomic mass is 32.2. The number of rotatable bonds is 6. The molecular formula is C8H15N3O3S. The fraction of sp³-hybridized carbons (Fsp3) is 0.750. The second kappa shape index (κ2) is 6.37. The summed E-state index contributed by atoms with van der Waals surface area (Å²) in [5.74, 6) is -1.31. The summed E-state index contributed by atoms with van der Waals surface area (Å²) < 4.78 is 24.1. The standard InChI is InChI=1S/C8H15N3O3S/c1-3-7(6-9)8(12)11-4-5-15(13,14)10-2/h7,10H,3-5H2,1-2H3,(H,11,12). The number of carbonyl (C=O) groups excluding carboxylic acids is 1. The van der Waals surface area contributed by atoms with Gasteiger partial charge in [0, 0.05) is 6.54 Å². The Hall–Kier alpha value is -1.13. The molecule has 0 radical (unpaired) electrons. The van der Waals surface area contributed by atoms with Gasteiger partial charge in [0.15, 0.2) is 0 Å². The molecule has 1 unspecified atom stereocenters. The quantitative estimate of drug-likeness (QED) is 0.627. The number of nitrogens with zero attached hydrogens (tertiary/aromatic N) is 1. The number of hydrogen-bond donors (Lipinski definition) is 2. The zero-order valence-corrected chi connectivity index (χ0v) is 9.60. The van der Waals surface area contributed by atoms with E-state index >= 15 is 0 Å². The van der Waals surface area contributed by atoms with Crippen LogP contribution in [0.2, 0.25) is 0 Å². The lowest BCUT2D eigenvalue weighted by Crippen LogP contribution is -2.35. The van der Waals surface area contributed by atoms with E-state index in [0.29, 0.717) is 6.42 Å². The molecule has 15 heavy (non-hydrogen) atoms. The van der Waals surface area contributed by atoms with Gasteiger partial charge in [-0.25, -0.2) is 13.1 Å². The predicted octanol–water partition coefficient (Wildman–Crippen LogP) is -0.798. The molecule has 6 nitrogen and oxygen atoms in total. The van der Waals surface area contributed by atoms with Gasteiger partial charge in [-0.05, 0) is 13.5 Å². The summed E-state index contributed by atoms with van der Waals surface area (Å²) in [6.45, 7) is 1.73. The Morgan fingerprint density at radius 2 is 2.13 bits per heavy atom. The number of hydrogen-bond acceptors (Lipinski definition) is 4. The molecule has 0 saturated carbocycles. The van der Waals surface area contributed by atoms with Gasteiger partial charge in [0.2, 0.25) is 15.9 Å². The van der Waals surface area contributed by atoms with Crippen LogP contribution in [0.4, 0.5) is 0 Å². The maximum atomic E-state index is 11.2. The number of sulfonamides is 1. The summed E-state index contributed by atoms with van der Waals surface area (Å²) in [6.07, 6.45) is 0.418. The lowest BCUT2D eigenvalue weighted by atomic mass is 10.1. The van der Waals surface area contributed by atoms with Gasteiger partial charge < -0.3 is 5.32 Å². The normalized spacial score (nSPS) is 12.9. The molecule has 0 aliphatic heterocycles. The topological polar surface area (TPSA) is 99.1 Å². The zero-order valence-electron chi connectivity index (χ0n) is 8.78. The van der Waals surface area contributed by atoms with Crippen LogP contribution in [0.3, 0.4) is 0 Å². The van der Waals surface area contributed by atoms with E-state index in [4.69, 9.17) is 5.26 Å². The van der Waals surface area contributed by atoms with Gasteiger partial charge >= 0.3 is 0 Å². The Bertz CT molecular complexity index is 345. The molecule has 0 bridgehead atoms. The van der Waals surface area contributed by atoms with E-state index in [2.05, 4.69) is 10.0 Å². The summed E-state index contributed by atoms with van der Waals surface area (Å²) in [5, 5.41) is 11.0. The molecule has 0 aromatic carbocycles. The smallest absolute Gasteiger partial charge is 0.237 e. The highest BCUT2D eigenvalue weighted by Gasteiger charge is 2.15. The van der Waals surface area contributed by atoms with Crippen molar-refractivity contribution in [3.63, 3.8) is 0 Å². The summed E-state index contributed by atoms with van der Waals surface area (Å²) in [5.41, 5.74) is 0. The van der Waals surface area contributed by atoms with Crippen LogP contribution in [-0.4, -0.2) is 33.7 Å². The average Bonchev–Trinajstić information content (AvgIpc) is 2.19.